The van der Waals surface area contributed by atoms with E-state index in [9.17, 15) is 4.79 Å². The van der Waals surface area contributed by atoms with E-state index in [1.165, 1.54) is 11.3 Å². The SMILES string of the molecule is N#CC(=Cc1ccc(Br)s1)C(=O)Nc1ccc2c(c1)OCO2. The lowest BCUT2D eigenvalue weighted by Gasteiger charge is -2.05. The number of nitrogens with zero attached hydrogens (tertiary/aromatic N) is 1. The van der Waals surface area contributed by atoms with Crippen LogP contribution in [-0.4, -0.2) is 12.7 Å². The molecule has 0 spiro atoms. The molecule has 1 aliphatic rings. The molecule has 0 saturated heterocycles. The zero-order chi connectivity index (χ0) is 15.5. The first-order chi connectivity index (χ1) is 10.7. The van der Waals surface area contributed by atoms with Crippen LogP contribution < -0.4 is 14.8 Å². The van der Waals surface area contributed by atoms with Crippen molar-refractivity contribution in [2.24, 2.45) is 0 Å². The van der Waals surface area contributed by atoms with Gasteiger partial charge in [-0.25, -0.2) is 0 Å². The third-order valence-corrected chi connectivity index (χ3v) is 4.45. The molecule has 0 saturated carbocycles. The fourth-order valence-electron chi connectivity index (χ4n) is 1.87. The fourth-order valence-corrected chi connectivity index (χ4v) is 3.24. The number of carbonyl (C=O) groups is 1. The Balaban J connectivity index is 1.78. The number of hydrogen-bond donors (Lipinski definition) is 1. The lowest BCUT2D eigenvalue weighted by Crippen LogP contribution is -2.13. The van der Waals surface area contributed by atoms with Crippen LogP contribution in [0.3, 0.4) is 0 Å². The summed E-state index contributed by atoms with van der Waals surface area (Å²) < 4.78 is 11.4. The van der Waals surface area contributed by atoms with Crippen LogP contribution in [0.4, 0.5) is 5.69 Å². The van der Waals surface area contributed by atoms with E-state index in [0.717, 1.165) is 8.66 Å². The Hall–Kier alpha value is -2.30. The molecule has 1 aromatic heterocycles. The van der Waals surface area contributed by atoms with Gasteiger partial charge in [0, 0.05) is 16.6 Å². The topological polar surface area (TPSA) is 71.4 Å². The first-order valence-corrected chi connectivity index (χ1v) is 7.85. The molecule has 0 bridgehead atoms. The van der Waals surface area contributed by atoms with Crippen LogP contribution in [-0.2, 0) is 4.79 Å². The number of halogens is 1. The van der Waals surface area contributed by atoms with Gasteiger partial charge in [-0.05, 0) is 46.3 Å². The molecule has 0 radical (unpaired) electrons. The predicted molar refractivity (Wildman–Crippen MR) is 86.8 cm³/mol. The highest BCUT2D eigenvalue weighted by Crippen LogP contribution is 2.34. The van der Waals surface area contributed by atoms with Gasteiger partial charge in [0.1, 0.15) is 11.6 Å². The third-order valence-electron chi connectivity index (χ3n) is 2.88. The number of nitrogens with one attached hydrogen (secondary N) is 1. The first kappa shape index (κ1) is 14.6. The average Bonchev–Trinajstić information content (AvgIpc) is 3.12. The number of anilines is 1. The lowest BCUT2D eigenvalue weighted by molar-refractivity contribution is -0.112. The van der Waals surface area contributed by atoms with Gasteiger partial charge in [-0.2, -0.15) is 5.26 Å². The summed E-state index contributed by atoms with van der Waals surface area (Å²) in [7, 11) is 0. The summed E-state index contributed by atoms with van der Waals surface area (Å²) in [6.45, 7) is 0.170. The quantitative estimate of drug-likeness (QED) is 0.653. The second kappa shape index (κ2) is 6.22. The number of thiophene rings is 1. The summed E-state index contributed by atoms with van der Waals surface area (Å²) in [4.78, 5) is 13.0. The van der Waals surface area contributed by atoms with Crippen molar-refractivity contribution in [3.8, 4) is 17.6 Å². The zero-order valence-corrected chi connectivity index (χ0v) is 13.5. The van der Waals surface area contributed by atoms with Crippen LogP contribution >= 0.6 is 27.3 Å². The van der Waals surface area contributed by atoms with Gasteiger partial charge in [0.25, 0.3) is 5.91 Å². The number of nitriles is 1. The molecule has 2 heterocycles. The van der Waals surface area contributed by atoms with Crippen LogP contribution in [0.5, 0.6) is 11.5 Å². The van der Waals surface area contributed by atoms with Gasteiger partial charge in [0.2, 0.25) is 6.79 Å². The van der Waals surface area contributed by atoms with Gasteiger partial charge >= 0.3 is 0 Å². The number of amides is 1. The molecule has 1 aliphatic heterocycles. The average molecular weight is 377 g/mol. The van der Waals surface area contributed by atoms with E-state index < -0.39 is 5.91 Å². The summed E-state index contributed by atoms with van der Waals surface area (Å²) in [5.41, 5.74) is 0.578. The van der Waals surface area contributed by atoms with Crippen molar-refractivity contribution in [3.63, 3.8) is 0 Å². The molecule has 1 aromatic carbocycles. The molecule has 110 valence electrons. The second-order valence-corrected chi connectivity index (χ2v) is 6.83. The Labute approximate surface area is 138 Å². The number of hydrogen-bond acceptors (Lipinski definition) is 5. The monoisotopic (exact) mass is 376 g/mol. The summed E-state index contributed by atoms with van der Waals surface area (Å²) in [6.07, 6.45) is 1.55. The minimum Gasteiger partial charge on any atom is -0.454 e. The van der Waals surface area contributed by atoms with E-state index in [1.807, 2.05) is 18.2 Å². The summed E-state index contributed by atoms with van der Waals surface area (Å²) in [6, 6.07) is 10.7. The molecule has 5 nitrogen and oxygen atoms in total. The van der Waals surface area contributed by atoms with Crippen molar-refractivity contribution >= 4 is 44.9 Å². The van der Waals surface area contributed by atoms with Crippen molar-refractivity contribution in [2.45, 2.75) is 0 Å². The highest BCUT2D eigenvalue weighted by Gasteiger charge is 2.15. The maximum Gasteiger partial charge on any atom is 0.266 e. The van der Waals surface area contributed by atoms with Crippen LogP contribution in [0, 0.1) is 11.3 Å². The predicted octanol–water partition coefficient (Wildman–Crippen LogP) is 3.78. The minimum absolute atomic E-state index is 0.0343. The van der Waals surface area contributed by atoms with Gasteiger partial charge in [-0.3, -0.25) is 4.79 Å². The van der Waals surface area contributed by atoms with Gasteiger partial charge < -0.3 is 14.8 Å². The highest BCUT2D eigenvalue weighted by atomic mass is 79.9. The number of fused-ring (bicyclic) bond motifs is 1. The summed E-state index contributed by atoms with van der Waals surface area (Å²) in [5, 5.41) is 11.8. The van der Waals surface area contributed by atoms with Crippen molar-refractivity contribution in [3.05, 3.63) is 44.6 Å². The van der Waals surface area contributed by atoms with Gasteiger partial charge in [-0.15, -0.1) is 11.3 Å². The Morgan fingerprint density at radius 3 is 2.86 bits per heavy atom. The van der Waals surface area contributed by atoms with E-state index in [2.05, 4.69) is 21.2 Å². The molecule has 0 fully saturated rings. The minimum atomic E-state index is -0.467. The smallest absolute Gasteiger partial charge is 0.266 e. The molecule has 22 heavy (non-hydrogen) atoms. The Bertz CT molecular complexity index is 807. The van der Waals surface area contributed by atoms with E-state index in [1.54, 1.807) is 24.3 Å². The molecule has 3 rings (SSSR count). The van der Waals surface area contributed by atoms with Crippen molar-refractivity contribution in [2.75, 3.05) is 12.1 Å². The number of carbonyl (C=O) groups excluding carboxylic acids is 1. The largest absolute Gasteiger partial charge is 0.454 e. The van der Waals surface area contributed by atoms with Crippen LogP contribution in [0.1, 0.15) is 4.88 Å². The van der Waals surface area contributed by atoms with Crippen LogP contribution in [0.25, 0.3) is 6.08 Å². The van der Waals surface area contributed by atoms with E-state index in [-0.39, 0.29) is 12.4 Å². The van der Waals surface area contributed by atoms with Gasteiger partial charge in [0.15, 0.2) is 11.5 Å². The zero-order valence-electron chi connectivity index (χ0n) is 11.1. The van der Waals surface area contributed by atoms with Gasteiger partial charge in [0.05, 0.1) is 3.79 Å². The second-order valence-electron chi connectivity index (χ2n) is 4.33. The van der Waals surface area contributed by atoms with E-state index in [4.69, 9.17) is 14.7 Å². The maximum absolute atomic E-state index is 12.2. The van der Waals surface area contributed by atoms with Crippen molar-refractivity contribution in [1.82, 2.24) is 0 Å². The molecule has 0 atom stereocenters. The normalized spacial score (nSPS) is 12.8. The van der Waals surface area contributed by atoms with Crippen LogP contribution in [0.2, 0.25) is 0 Å². The third kappa shape index (κ3) is 3.13. The van der Waals surface area contributed by atoms with E-state index >= 15 is 0 Å². The van der Waals surface area contributed by atoms with Crippen molar-refractivity contribution < 1.29 is 14.3 Å². The summed E-state index contributed by atoms with van der Waals surface area (Å²) >= 11 is 4.79. The summed E-state index contributed by atoms with van der Waals surface area (Å²) in [5.74, 6) is 0.742. The molecule has 1 amide bonds. The Morgan fingerprint density at radius 2 is 2.14 bits per heavy atom. The molecule has 7 heteroatoms. The molecule has 0 unspecified atom stereocenters. The van der Waals surface area contributed by atoms with Crippen molar-refractivity contribution in [1.29, 1.82) is 5.26 Å². The standard InChI is InChI=1S/C15H9BrN2O3S/c16-14-4-2-11(22-14)5-9(7-17)15(19)18-10-1-3-12-13(6-10)21-8-20-12/h1-6H,8H2,(H,18,19). The first-order valence-electron chi connectivity index (χ1n) is 6.24. The highest BCUT2D eigenvalue weighted by molar-refractivity contribution is 9.11. The maximum atomic E-state index is 12.2. The molecular formula is C15H9BrN2O3S. The number of benzene rings is 1. The number of rotatable bonds is 3. The molecular weight excluding hydrogens is 368 g/mol. The molecule has 1 N–H and O–H groups in total. The fraction of sp³-hybridized carbons (Fsp3) is 0.0667. The Morgan fingerprint density at radius 1 is 1.32 bits per heavy atom. The molecule has 0 aliphatic carbocycles. The van der Waals surface area contributed by atoms with Crippen LogP contribution in [0.15, 0.2) is 39.7 Å². The molecule has 2 aromatic rings. The number of ether oxygens (including phenoxy) is 2. The van der Waals surface area contributed by atoms with E-state index in [0.29, 0.717) is 17.2 Å². The Kier molecular flexibility index (Phi) is 4.13. The van der Waals surface area contributed by atoms with Gasteiger partial charge in [-0.1, -0.05) is 0 Å². The lowest BCUT2D eigenvalue weighted by atomic mass is 10.2.